The highest BCUT2D eigenvalue weighted by atomic mass is 79.9. The van der Waals surface area contributed by atoms with Crippen LogP contribution in [-0.4, -0.2) is 28.9 Å². The summed E-state index contributed by atoms with van der Waals surface area (Å²) in [7, 11) is 0. The van der Waals surface area contributed by atoms with Crippen LogP contribution in [0.3, 0.4) is 0 Å². The van der Waals surface area contributed by atoms with Gasteiger partial charge in [-0.05, 0) is 30.2 Å². The molecule has 1 aliphatic rings. The van der Waals surface area contributed by atoms with Crippen LogP contribution in [0.1, 0.15) is 24.1 Å². The molecule has 2 aromatic carbocycles. The fourth-order valence-electron chi connectivity index (χ4n) is 3.07. The van der Waals surface area contributed by atoms with Crippen LogP contribution in [0.5, 0.6) is 0 Å². The minimum absolute atomic E-state index is 0.186. The molecule has 1 saturated heterocycles. The van der Waals surface area contributed by atoms with E-state index in [4.69, 9.17) is 4.74 Å². The topological polar surface area (TPSA) is 32.7 Å². The Labute approximate surface area is 139 Å². The van der Waals surface area contributed by atoms with E-state index in [0.29, 0.717) is 6.61 Å². The highest BCUT2D eigenvalue weighted by Crippen LogP contribution is 2.37. The van der Waals surface area contributed by atoms with Gasteiger partial charge in [-0.15, -0.1) is 0 Å². The third kappa shape index (κ3) is 3.41. The molecule has 0 spiro atoms. The van der Waals surface area contributed by atoms with Gasteiger partial charge in [0.2, 0.25) is 0 Å². The third-order valence-corrected chi connectivity index (χ3v) is 4.59. The van der Waals surface area contributed by atoms with E-state index in [9.17, 15) is 5.11 Å². The van der Waals surface area contributed by atoms with Crippen molar-refractivity contribution in [3.63, 3.8) is 0 Å². The maximum Gasteiger partial charge on any atom is 0.182 e. The Balaban J connectivity index is 1.90. The van der Waals surface area contributed by atoms with Crippen LogP contribution < -0.4 is 0 Å². The summed E-state index contributed by atoms with van der Waals surface area (Å²) in [5.41, 5.74) is 2.30. The first kappa shape index (κ1) is 15.7. The molecule has 1 fully saturated rings. The van der Waals surface area contributed by atoms with Crippen LogP contribution in [-0.2, 0) is 11.3 Å². The molecule has 3 rings (SSSR count). The van der Waals surface area contributed by atoms with Gasteiger partial charge in [-0.3, -0.25) is 4.90 Å². The zero-order valence-corrected chi connectivity index (χ0v) is 14.2. The second kappa shape index (κ2) is 6.50. The van der Waals surface area contributed by atoms with Gasteiger partial charge in [0.25, 0.3) is 0 Å². The van der Waals surface area contributed by atoms with Crippen LogP contribution in [0.4, 0.5) is 0 Å². The molecule has 4 heteroatoms. The average molecular weight is 362 g/mol. The first-order valence-electron chi connectivity index (χ1n) is 7.46. The van der Waals surface area contributed by atoms with E-state index in [1.165, 1.54) is 5.56 Å². The molecule has 0 aliphatic carbocycles. The van der Waals surface area contributed by atoms with Crippen molar-refractivity contribution in [1.29, 1.82) is 0 Å². The summed E-state index contributed by atoms with van der Waals surface area (Å²) in [6.07, 6.45) is 0. The Bertz CT molecular complexity index is 613. The van der Waals surface area contributed by atoms with Gasteiger partial charge in [0.15, 0.2) is 5.79 Å². The molecule has 2 atom stereocenters. The van der Waals surface area contributed by atoms with Crippen molar-refractivity contribution in [2.24, 2.45) is 0 Å². The number of benzene rings is 2. The number of hydrogen-bond acceptors (Lipinski definition) is 3. The van der Waals surface area contributed by atoms with E-state index in [-0.39, 0.29) is 6.04 Å². The molecule has 0 saturated carbocycles. The van der Waals surface area contributed by atoms with Gasteiger partial charge in [-0.25, -0.2) is 0 Å². The molecular weight excluding hydrogens is 342 g/mol. The molecule has 2 aromatic rings. The zero-order valence-electron chi connectivity index (χ0n) is 12.6. The zero-order chi connectivity index (χ0) is 15.6. The largest absolute Gasteiger partial charge is 0.364 e. The number of rotatable bonds is 3. The van der Waals surface area contributed by atoms with Crippen molar-refractivity contribution in [2.45, 2.75) is 25.3 Å². The molecule has 2 unspecified atom stereocenters. The Hall–Kier alpha value is -1.20. The molecule has 3 nitrogen and oxygen atoms in total. The molecule has 1 N–H and O–H groups in total. The highest BCUT2D eigenvalue weighted by Gasteiger charge is 2.41. The lowest BCUT2D eigenvalue weighted by molar-refractivity contribution is -0.261. The summed E-state index contributed by atoms with van der Waals surface area (Å²) in [6.45, 7) is 3.87. The van der Waals surface area contributed by atoms with Crippen LogP contribution in [0.25, 0.3) is 0 Å². The second-order valence-electron chi connectivity index (χ2n) is 5.81. The molecule has 0 radical (unpaired) electrons. The van der Waals surface area contributed by atoms with Crippen LogP contribution in [0, 0.1) is 0 Å². The Kier molecular flexibility index (Phi) is 4.64. The smallest absolute Gasteiger partial charge is 0.182 e. The van der Waals surface area contributed by atoms with E-state index in [2.05, 4.69) is 33.0 Å². The standard InChI is InChI=1S/C18H20BrNO2/c1-18(21)17(15-7-9-16(19)10-8-15)20(11-12-22-18)13-14-5-3-2-4-6-14/h2-10,17,21H,11-13H2,1H3. The number of aliphatic hydroxyl groups is 1. The van der Waals surface area contributed by atoms with E-state index in [1.807, 2.05) is 42.5 Å². The first-order valence-corrected chi connectivity index (χ1v) is 8.25. The number of ether oxygens (including phenoxy) is 1. The molecule has 0 bridgehead atoms. The predicted molar refractivity (Wildman–Crippen MR) is 90.3 cm³/mol. The first-order chi connectivity index (χ1) is 10.6. The summed E-state index contributed by atoms with van der Waals surface area (Å²) in [5, 5.41) is 10.7. The lowest BCUT2D eigenvalue weighted by atomic mass is 9.95. The third-order valence-electron chi connectivity index (χ3n) is 4.06. The van der Waals surface area contributed by atoms with Crippen molar-refractivity contribution >= 4 is 15.9 Å². The van der Waals surface area contributed by atoms with Gasteiger partial charge in [-0.2, -0.15) is 0 Å². The average Bonchev–Trinajstić information content (AvgIpc) is 2.49. The molecule has 1 aliphatic heterocycles. The van der Waals surface area contributed by atoms with Gasteiger partial charge < -0.3 is 9.84 Å². The normalized spacial score (nSPS) is 26.0. The number of halogens is 1. The molecule has 0 amide bonds. The quantitative estimate of drug-likeness (QED) is 0.903. The number of nitrogens with zero attached hydrogens (tertiary/aromatic N) is 1. The minimum atomic E-state index is -1.19. The molecule has 116 valence electrons. The molecule has 22 heavy (non-hydrogen) atoms. The van der Waals surface area contributed by atoms with Crippen LogP contribution in [0.2, 0.25) is 0 Å². The monoisotopic (exact) mass is 361 g/mol. The lowest BCUT2D eigenvalue weighted by Gasteiger charge is -2.45. The Morgan fingerprint density at radius 1 is 1.18 bits per heavy atom. The highest BCUT2D eigenvalue weighted by molar-refractivity contribution is 9.10. The summed E-state index contributed by atoms with van der Waals surface area (Å²) in [6, 6.07) is 18.2. The van der Waals surface area contributed by atoms with Crippen LogP contribution >= 0.6 is 15.9 Å². The van der Waals surface area contributed by atoms with Gasteiger partial charge in [-0.1, -0.05) is 58.4 Å². The predicted octanol–water partition coefficient (Wildman–Crippen LogP) is 3.73. The van der Waals surface area contributed by atoms with Crippen molar-refractivity contribution in [3.8, 4) is 0 Å². The van der Waals surface area contributed by atoms with Gasteiger partial charge in [0, 0.05) is 17.6 Å². The van der Waals surface area contributed by atoms with Gasteiger partial charge in [0.1, 0.15) is 0 Å². The fraction of sp³-hybridized carbons (Fsp3) is 0.333. The van der Waals surface area contributed by atoms with Crippen molar-refractivity contribution in [2.75, 3.05) is 13.2 Å². The summed E-state index contributed by atoms with van der Waals surface area (Å²) in [5.74, 6) is -1.19. The van der Waals surface area contributed by atoms with Crippen molar-refractivity contribution in [3.05, 3.63) is 70.2 Å². The number of hydrogen-bond donors (Lipinski definition) is 1. The maximum absolute atomic E-state index is 10.7. The van der Waals surface area contributed by atoms with E-state index < -0.39 is 5.79 Å². The SMILES string of the molecule is CC1(O)OCCN(Cc2ccccc2)C1c1ccc(Br)cc1. The van der Waals surface area contributed by atoms with Crippen LogP contribution in [0.15, 0.2) is 59.1 Å². The number of morpholine rings is 1. The molecule has 1 heterocycles. The van der Waals surface area contributed by atoms with E-state index in [0.717, 1.165) is 23.1 Å². The van der Waals surface area contributed by atoms with E-state index >= 15 is 0 Å². The summed E-state index contributed by atoms with van der Waals surface area (Å²) < 4.78 is 6.66. The molecular formula is C18H20BrNO2. The van der Waals surface area contributed by atoms with E-state index in [1.54, 1.807) is 6.92 Å². The van der Waals surface area contributed by atoms with Crippen molar-refractivity contribution in [1.82, 2.24) is 4.90 Å². The molecule has 0 aromatic heterocycles. The maximum atomic E-state index is 10.7. The Morgan fingerprint density at radius 3 is 2.55 bits per heavy atom. The van der Waals surface area contributed by atoms with Crippen molar-refractivity contribution < 1.29 is 9.84 Å². The summed E-state index contributed by atoms with van der Waals surface area (Å²) in [4.78, 5) is 2.28. The summed E-state index contributed by atoms with van der Waals surface area (Å²) >= 11 is 3.46. The Morgan fingerprint density at radius 2 is 1.86 bits per heavy atom. The van der Waals surface area contributed by atoms with Gasteiger partial charge in [0.05, 0.1) is 12.6 Å². The second-order valence-corrected chi connectivity index (χ2v) is 6.73. The van der Waals surface area contributed by atoms with Gasteiger partial charge >= 0.3 is 0 Å². The fourth-order valence-corrected chi connectivity index (χ4v) is 3.33. The minimum Gasteiger partial charge on any atom is -0.364 e. The lowest BCUT2D eigenvalue weighted by Crippen LogP contribution is -2.52.